The molecule has 2 aromatic carbocycles. The number of cyclic esters (lactones) is 1. The minimum absolute atomic E-state index is 0.0439. The van der Waals surface area contributed by atoms with E-state index >= 15 is 0 Å². The SMILES string of the molecule is CC.COCc1c(C=O)ccc(CCN2CCN3CC(c4ccc5c(c4)CC(C)OC5=O)CC3C2)c1C. The Hall–Kier alpha value is -2.54. The molecule has 37 heavy (non-hydrogen) atoms. The molecule has 3 atom stereocenters. The van der Waals surface area contributed by atoms with E-state index in [0.29, 0.717) is 18.6 Å². The summed E-state index contributed by atoms with van der Waals surface area (Å²) in [6.07, 6.45) is 3.84. The minimum Gasteiger partial charge on any atom is -0.459 e. The topological polar surface area (TPSA) is 59.1 Å². The third kappa shape index (κ3) is 5.97. The molecule has 200 valence electrons. The van der Waals surface area contributed by atoms with Gasteiger partial charge in [-0.15, -0.1) is 0 Å². The fourth-order valence-corrected chi connectivity index (χ4v) is 6.21. The average molecular weight is 507 g/mol. The quantitative estimate of drug-likeness (QED) is 0.397. The van der Waals surface area contributed by atoms with Gasteiger partial charge in [0.25, 0.3) is 0 Å². The van der Waals surface area contributed by atoms with Crippen LogP contribution in [0.25, 0.3) is 0 Å². The second kappa shape index (κ2) is 12.3. The van der Waals surface area contributed by atoms with E-state index in [-0.39, 0.29) is 12.1 Å². The highest BCUT2D eigenvalue weighted by Gasteiger charge is 2.37. The number of methoxy groups -OCH3 is 1. The van der Waals surface area contributed by atoms with E-state index < -0.39 is 0 Å². The molecule has 2 saturated heterocycles. The van der Waals surface area contributed by atoms with Gasteiger partial charge in [-0.25, -0.2) is 4.79 Å². The number of piperazine rings is 1. The summed E-state index contributed by atoms with van der Waals surface area (Å²) in [4.78, 5) is 28.8. The third-order valence-corrected chi connectivity index (χ3v) is 8.20. The van der Waals surface area contributed by atoms with E-state index in [0.717, 1.165) is 74.1 Å². The van der Waals surface area contributed by atoms with E-state index in [2.05, 4.69) is 34.9 Å². The van der Waals surface area contributed by atoms with Crippen LogP contribution in [0.15, 0.2) is 30.3 Å². The predicted octanol–water partition coefficient (Wildman–Crippen LogP) is 4.80. The molecule has 0 N–H and O–H groups in total. The Morgan fingerprint density at radius 2 is 1.95 bits per heavy atom. The summed E-state index contributed by atoms with van der Waals surface area (Å²) in [6.45, 7) is 14.0. The van der Waals surface area contributed by atoms with Crippen LogP contribution in [0.4, 0.5) is 0 Å². The van der Waals surface area contributed by atoms with Crippen molar-refractivity contribution in [2.24, 2.45) is 0 Å². The van der Waals surface area contributed by atoms with Crippen LogP contribution in [0.3, 0.4) is 0 Å². The summed E-state index contributed by atoms with van der Waals surface area (Å²) in [5.74, 6) is 0.336. The van der Waals surface area contributed by atoms with Crippen LogP contribution >= 0.6 is 0 Å². The highest BCUT2D eigenvalue weighted by molar-refractivity contribution is 5.92. The highest BCUT2D eigenvalue weighted by Crippen LogP contribution is 2.35. The highest BCUT2D eigenvalue weighted by atomic mass is 16.5. The lowest BCUT2D eigenvalue weighted by atomic mass is 9.90. The van der Waals surface area contributed by atoms with Gasteiger partial charge >= 0.3 is 5.97 Å². The largest absolute Gasteiger partial charge is 0.459 e. The van der Waals surface area contributed by atoms with Crippen molar-refractivity contribution in [2.45, 2.75) is 71.6 Å². The predicted molar refractivity (Wildman–Crippen MR) is 147 cm³/mol. The first kappa shape index (κ1) is 27.5. The van der Waals surface area contributed by atoms with Crippen LogP contribution in [0, 0.1) is 6.92 Å². The first-order valence-corrected chi connectivity index (χ1v) is 13.8. The van der Waals surface area contributed by atoms with Crippen molar-refractivity contribution >= 4 is 12.3 Å². The first-order chi connectivity index (χ1) is 18.0. The Balaban J connectivity index is 0.00000156. The molecule has 6 heteroatoms. The molecule has 0 amide bonds. The Morgan fingerprint density at radius 1 is 1.14 bits per heavy atom. The van der Waals surface area contributed by atoms with Gasteiger partial charge in [-0.05, 0) is 66.5 Å². The number of benzene rings is 2. The maximum atomic E-state index is 12.2. The maximum Gasteiger partial charge on any atom is 0.338 e. The molecule has 5 rings (SSSR count). The Bertz CT molecular complexity index is 1110. The number of ether oxygens (including phenoxy) is 2. The molecular formula is C31H42N2O4. The van der Waals surface area contributed by atoms with Gasteiger partial charge in [0.15, 0.2) is 0 Å². The molecule has 0 saturated carbocycles. The molecule has 3 aliphatic rings. The molecule has 3 heterocycles. The van der Waals surface area contributed by atoms with Gasteiger partial charge in [0, 0.05) is 57.9 Å². The molecule has 0 radical (unpaired) electrons. The van der Waals surface area contributed by atoms with Crippen molar-refractivity contribution in [1.82, 2.24) is 9.80 Å². The first-order valence-electron chi connectivity index (χ1n) is 13.8. The number of hydrogen-bond acceptors (Lipinski definition) is 6. The zero-order valence-corrected chi connectivity index (χ0v) is 23.1. The number of fused-ring (bicyclic) bond motifs is 2. The monoisotopic (exact) mass is 506 g/mol. The average Bonchev–Trinajstić information content (AvgIpc) is 3.33. The molecule has 0 bridgehead atoms. The number of hydrogen-bond donors (Lipinski definition) is 0. The summed E-state index contributed by atoms with van der Waals surface area (Å²) in [5, 5.41) is 0. The normalized spacial score (nSPS) is 23.5. The van der Waals surface area contributed by atoms with Gasteiger partial charge in [0.05, 0.1) is 12.2 Å². The number of esters is 1. The standard InChI is InChI=1S/C29H36N2O4.C2H6/c1-19-12-24-13-22(6-7-27(24)29(33)35-19)25-14-26-16-30(10-11-31(26)15-25)9-8-21-4-5-23(17-32)28(18-34-3)20(21)2;1-2/h4-7,13,17,19,25-26H,8-12,14-16,18H2,1-3H3;1-2H3. The number of aldehydes is 1. The van der Waals surface area contributed by atoms with Gasteiger partial charge in [0.1, 0.15) is 12.4 Å². The Morgan fingerprint density at radius 3 is 2.70 bits per heavy atom. The van der Waals surface area contributed by atoms with Crippen LogP contribution < -0.4 is 0 Å². The fourth-order valence-electron chi connectivity index (χ4n) is 6.21. The van der Waals surface area contributed by atoms with Crippen molar-refractivity contribution in [3.63, 3.8) is 0 Å². The summed E-state index contributed by atoms with van der Waals surface area (Å²) in [5.41, 5.74) is 7.46. The molecular weight excluding hydrogens is 464 g/mol. The smallest absolute Gasteiger partial charge is 0.338 e. The van der Waals surface area contributed by atoms with E-state index in [9.17, 15) is 9.59 Å². The lowest BCUT2D eigenvalue weighted by Gasteiger charge is -2.37. The van der Waals surface area contributed by atoms with Crippen molar-refractivity contribution in [1.29, 1.82) is 0 Å². The van der Waals surface area contributed by atoms with Gasteiger partial charge in [-0.3, -0.25) is 9.69 Å². The summed E-state index contributed by atoms with van der Waals surface area (Å²) in [7, 11) is 1.67. The van der Waals surface area contributed by atoms with Gasteiger partial charge in [-0.1, -0.05) is 38.1 Å². The van der Waals surface area contributed by atoms with Crippen LogP contribution in [0.1, 0.15) is 81.6 Å². The van der Waals surface area contributed by atoms with Crippen molar-refractivity contribution < 1.29 is 19.1 Å². The number of carbonyl (C=O) groups excluding carboxylic acids is 2. The van der Waals surface area contributed by atoms with Crippen LogP contribution in [0.2, 0.25) is 0 Å². The summed E-state index contributed by atoms with van der Waals surface area (Å²) < 4.78 is 10.7. The molecule has 0 spiro atoms. The summed E-state index contributed by atoms with van der Waals surface area (Å²) in [6, 6.07) is 11.0. The molecule has 0 aromatic heterocycles. The zero-order valence-electron chi connectivity index (χ0n) is 23.1. The van der Waals surface area contributed by atoms with Crippen LogP contribution in [-0.2, 0) is 28.9 Å². The molecule has 2 fully saturated rings. The molecule has 3 unspecified atom stereocenters. The van der Waals surface area contributed by atoms with E-state index in [1.54, 1.807) is 7.11 Å². The Labute approximate surface area is 221 Å². The lowest BCUT2D eigenvalue weighted by molar-refractivity contribution is 0.0301. The number of rotatable bonds is 7. The van der Waals surface area contributed by atoms with E-state index in [4.69, 9.17) is 9.47 Å². The van der Waals surface area contributed by atoms with Crippen molar-refractivity contribution in [3.05, 3.63) is 69.3 Å². The van der Waals surface area contributed by atoms with Gasteiger partial charge < -0.3 is 14.4 Å². The summed E-state index contributed by atoms with van der Waals surface area (Å²) >= 11 is 0. The molecule has 6 nitrogen and oxygen atoms in total. The molecule has 3 aliphatic heterocycles. The van der Waals surface area contributed by atoms with Crippen molar-refractivity contribution in [2.75, 3.05) is 39.8 Å². The third-order valence-electron chi connectivity index (χ3n) is 8.20. The maximum absolute atomic E-state index is 12.2. The van der Waals surface area contributed by atoms with Gasteiger partial charge in [-0.2, -0.15) is 0 Å². The lowest BCUT2D eigenvalue weighted by Crippen LogP contribution is -2.50. The second-order valence-electron chi connectivity index (χ2n) is 10.4. The number of carbonyl (C=O) groups is 2. The zero-order chi connectivity index (χ0) is 26.5. The fraction of sp³-hybridized carbons (Fsp3) is 0.548. The second-order valence-corrected chi connectivity index (χ2v) is 10.4. The van der Waals surface area contributed by atoms with E-state index in [1.165, 1.54) is 23.1 Å². The van der Waals surface area contributed by atoms with E-state index in [1.807, 2.05) is 32.9 Å². The van der Waals surface area contributed by atoms with Gasteiger partial charge in [0.2, 0.25) is 0 Å². The number of nitrogens with zero attached hydrogens (tertiary/aromatic N) is 2. The molecule has 0 aliphatic carbocycles. The van der Waals surface area contributed by atoms with Crippen LogP contribution in [0.5, 0.6) is 0 Å². The Kier molecular flexibility index (Phi) is 9.17. The molecule has 2 aromatic rings. The minimum atomic E-state index is -0.185. The van der Waals surface area contributed by atoms with Crippen LogP contribution in [-0.4, -0.2) is 74.0 Å². The van der Waals surface area contributed by atoms with Crippen molar-refractivity contribution in [3.8, 4) is 0 Å².